The van der Waals surface area contributed by atoms with Gasteiger partial charge in [-0.2, -0.15) is 0 Å². The van der Waals surface area contributed by atoms with Crippen LogP contribution < -0.4 is 4.90 Å². The summed E-state index contributed by atoms with van der Waals surface area (Å²) in [6.45, 7) is 3.97. The molecule has 1 atom stereocenters. The minimum atomic E-state index is -0.870. The van der Waals surface area contributed by atoms with E-state index < -0.39 is 29.5 Å². The number of anilines is 1. The largest absolute Gasteiger partial charge is 0.503 e. The highest BCUT2D eigenvalue weighted by atomic mass is 32.1. The fraction of sp³-hybridized carbons (Fsp3) is 0.161. The highest BCUT2D eigenvalue weighted by molar-refractivity contribution is 7.17. The number of Topliss-reactive ketones (excluding diaryl/α,β-unsaturated/α-hetero) is 1. The smallest absolute Gasteiger partial charge is 0.338 e. The number of ether oxygens (including phenoxy) is 1. The summed E-state index contributed by atoms with van der Waals surface area (Å²) in [4.78, 5) is 46.1. The van der Waals surface area contributed by atoms with Crippen LogP contribution in [0.25, 0.3) is 10.6 Å². The number of nitrogens with zero attached hydrogens (tertiary/aromatic N) is 2. The van der Waals surface area contributed by atoms with E-state index in [1.54, 1.807) is 31.2 Å². The number of aliphatic hydroxyl groups excluding tert-OH is 1. The Bertz CT molecular complexity index is 1560. The quantitative estimate of drug-likeness (QED) is 0.204. The standard InChI is InChI=1S/C31H26N2O5S/c1-3-18-38-31(37)22-14-16-23(17-15-22)33-25(20-10-6-4-7-11-20)24(27(35)30(33)36)26(34)28-19(2)32-29(39-28)21-12-8-5-9-13-21/h4-17,25,35H,3,18H2,1-2H3. The first-order chi connectivity index (χ1) is 18.9. The van der Waals surface area contributed by atoms with Gasteiger partial charge >= 0.3 is 5.97 Å². The first kappa shape index (κ1) is 26.1. The average molecular weight is 539 g/mol. The number of benzene rings is 3. The van der Waals surface area contributed by atoms with E-state index in [9.17, 15) is 19.5 Å². The maximum atomic E-state index is 14.0. The number of hydrogen-bond donors (Lipinski definition) is 1. The lowest BCUT2D eigenvalue weighted by molar-refractivity contribution is -0.117. The SMILES string of the molecule is CCCOC(=O)c1ccc(N2C(=O)C(O)=C(C(=O)c3sc(-c4ccccc4)nc3C)C2c2ccccc2)cc1. The lowest BCUT2D eigenvalue weighted by atomic mass is 9.95. The lowest BCUT2D eigenvalue weighted by Crippen LogP contribution is -2.31. The number of aryl methyl sites for hydroxylation is 1. The van der Waals surface area contributed by atoms with Gasteiger partial charge in [-0.1, -0.05) is 67.6 Å². The zero-order valence-electron chi connectivity index (χ0n) is 21.5. The summed E-state index contributed by atoms with van der Waals surface area (Å²) in [5.41, 5.74) is 2.83. The third-order valence-electron chi connectivity index (χ3n) is 6.41. The molecule has 0 saturated carbocycles. The highest BCUT2D eigenvalue weighted by Crippen LogP contribution is 2.43. The first-order valence-corrected chi connectivity index (χ1v) is 13.4. The van der Waals surface area contributed by atoms with Crippen molar-refractivity contribution in [2.45, 2.75) is 26.3 Å². The van der Waals surface area contributed by atoms with Crippen LogP contribution in [0, 0.1) is 6.92 Å². The van der Waals surface area contributed by atoms with Crippen molar-refractivity contribution < 1.29 is 24.2 Å². The molecule has 0 radical (unpaired) electrons. The molecule has 1 unspecified atom stereocenters. The van der Waals surface area contributed by atoms with E-state index in [0.29, 0.717) is 45.4 Å². The van der Waals surface area contributed by atoms with Gasteiger partial charge in [-0.25, -0.2) is 9.78 Å². The van der Waals surface area contributed by atoms with Crippen molar-refractivity contribution in [1.82, 2.24) is 4.98 Å². The fourth-order valence-electron chi connectivity index (χ4n) is 4.52. The van der Waals surface area contributed by atoms with Gasteiger partial charge in [0.25, 0.3) is 5.91 Å². The number of amides is 1. The number of carbonyl (C=O) groups is 3. The van der Waals surface area contributed by atoms with Gasteiger partial charge in [0.1, 0.15) is 5.01 Å². The molecular formula is C31H26N2O5S. The lowest BCUT2D eigenvalue weighted by Gasteiger charge is -2.27. The predicted molar refractivity (Wildman–Crippen MR) is 150 cm³/mol. The minimum absolute atomic E-state index is 0.0102. The number of aliphatic hydroxyl groups is 1. The van der Waals surface area contributed by atoms with E-state index in [1.807, 2.05) is 67.6 Å². The van der Waals surface area contributed by atoms with E-state index in [0.717, 1.165) is 5.56 Å². The van der Waals surface area contributed by atoms with Crippen molar-refractivity contribution in [3.8, 4) is 10.6 Å². The number of carbonyl (C=O) groups excluding carboxylic acids is 3. The molecule has 196 valence electrons. The Morgan fingerprint density at radius 1 is 0.974 bits per heavy atom. The molecule has 2 heterocycles. The van der Waals surface area contributed by atoms with Gasteiger partial charge < -0.3 is 9.84 Å². The molecule has 1 aromatic heterocycles. The molecule has 1 aliphatic heterocycles. The van der Waals surface area contributed by atoms with E-state index in [4.69, 9.17) is 4.74 Å². The van der Waals surface area contributed by atoms with Gasteiger partial charge in [0.15, 0.2) is 5.76 Å². The van der Waals surface area contributed by atoms with Crippen LogP contribution in [-0.2, 0) is 9.53 Å². The number of thiazole rings is 1. The summed E-state index contributed by atoms with van der Waals surface area (Å²) in [5.74, 6) is -2.20. The third-order valence-corrected chi connectivity index (χ3v) is 7.62. The number of rotatable bonds is 8. The van der Waals surface area contributed by atoms with Crippen molar-refractivity contribution in [2.75, 3.05) is 11.5 Å². The number of ketones is 1. The van der Waals surface area contributed by atoms with Crippen LogP contribution in [-0.4, -0.2) is 34.4 Å². The number of aromatic nitrogens is 1. The Morgan fingerprint density at radius 3 is 2.26 bits per heavy atom. The molecule has 0 saturated heterocycles. The molecule has 7 nitrogen and oxygen atoms in total. The molecule has 4 aromatic rings. The topological polar surface area (TPSA) is 96.8 Å². The van der Waals surface area contributed by atoms with Gasteiger partial charge in [-0.15, -0.1) is 11.3 Å². The molecule has 3 aromatic carbocycles. The Kier molecular flexibility index (Phi) is 7.38. The maximum absolute atomic E-state index is 14.0. The van der Waals surface area contributed by atoms with Crippen LogP contribution in [0.15, 0.2) is 96.3 Å². The van der Waals surface area contributed by atoms with Crippen LogP contribution in [0.2, 0.25) is 0 Å². The van der Waals surface area contributed by atoms with Crippen LogP contribution in [0.1, 0.15) is 50.7 Å². The Balaban J connectivity index is 1.54. The molecule has 8 heteroatoms. The second-order valence-electron chi connectivity index (χ2n) is 9.06. The van der Waals surface area contributed by atoms with Gasteiger partial charge in [0, 0.05) is 11.3 Å². The van der Waals surface area contributed by atoms with Crippen LogP contribution in [0.3, 0.4) is 0 Å². The Morgan fingerprint density at radius 2 is 1.62 bits per heavy atom. The zero-order valence-corrected chi connectivity index (χ0v) is 22.3. The minimum Gasteiger partial charge on any atom is -0.503 e. The zero-order chi connectivity index (χ0) is 27.5. The molecular weight excluding hydrogens is 512 g/mol. The van der Waals surface area contributed by atoms with Crippen molar-refractivity contribution in [1.29, 1.82) is 0 Å². The molecule has 0 aliphatic carbocycles. The van der Waals surface area contributed by atoms with Crippen molar-refractivity contribution in [2.24, 2.45) is 0 Å². The number of esters is 1. The molecule has 39 heavy (non-hydrogen) atoms. The van der Waals surface area contributed by atoms with Crippen molar-refractivity contribution >= 4 is 34.7 Å². The second kappa shape index (κ2) is 11.0. The van der Waals surface area contributed by atoms with Crippen LogP contribution >= 0.6 is 11.3 Å². The summed E-state index contributed by atoms with van der Waals surface area (Å²) < 4.78 is 5.20. The summed E-state index contributed by atoms with van der Waals surface area (Å²) in [7, 11) is 0. The Hall–Kier alpha value is -4.56. The van der Waals surface area contributed by atoms with E-state index in [-0.39, 0.29) is 5.57 Å². The fourth-order valence-corrected chi connectivity index (χ4v) is 5.55. The molecule has 0 spiro atoms. The van der Waals surface area contributed by atoms with Crippen LogP contribution in [0.5, 0.6) is 0 Å². The molecule has 0 bridgehead atoms. The predicted octanol–water partition coefficient (Wildman–Crippen LogP) is 6.47. The van der Waals surface area contributed by atoms with Gasteiger partial charge in [-0.05, 0) is 43.2 Å². The Labute approximate surface area is 230 Å². The average Bonchev–Trinajstić information content (AvgIpc) is 3.49. The molecule has 0 fully saturated rings. The van der Waals surface area contributed by atoms with E-state index in [2.05, 4.69) is 4.98 Å². The van der Waals surface area contributed by atoms with Gasteiger partial charge in [0.05, 0.1) is 34.4 Å². The monoisotopic (exact) mass is 538 g/mol. The van der Waals surface area contributed by atoms with Gasteiger partial charge in [0.2, 0.25) is 5.78 Å². The summed E-state index contributed by atoms with van der Waals surface area (Å²) >= 11 is 1.23. The summed E-state index contributed by atoms with van der Waals surface area (Å²) in [6.07, 6.45) is 0.707. The van der Waals surface area contributed by atoms with Crippen LogP contribution in [0.4, 0.5) is 5.69 Å². The van der Waals surface area contributed by atoms with Crippen molar-refractivity contribution in [3.63, 3.8) is 0 Å². The molecule has 1 aliphatic rings. The summed E-state index contributed by atoms with van der Waals surface area (Å²) in [6, 6.07) is 24.1. The first-order valence-electron chi connectivity index (χ1n) is 12.6. The van der Waals surface area contributed by atoms with Crippen molar-refractivity contribution in [3.05, 3.63) is 118 Å². The van der Waals surface area contributed by atoms with E-state index in [1.165, 1.54) is 16.2 Å². The summed E-state index contributed by atoms with van der Waals surface area (Å²) in [5, 5.41) is 11.8. The number of hydrogen-bond acceptors (Lipinski definition) is 7. The molecule has 5 rings (SSSR count). The normalized spacial score (nSPS) is 15.1. The van der Waals surface area contributed by atoms with Gasteiger partial charge in [-0.3, -0.25) is 14.5 Å². The van der Waals surface area contributed by atoms with E-state index >= 15 is 0 Å². The second-order valence-corrected chi connectivity index (χ2v) is 10.1. The third kappa shape index (κ3) is 4.98. The molecule has 1 amide bonds. The molecule has 1 N–H and O–H groups in total. The maximum Gasteiger partial charge on any atom is 0.338 e. The highest BCUT2D eigenvalue weighted by Gasteiger charge is 2.45.